The van der Waals surface area contributed by atoms with Gasteiger partial charge >= 0.3 is 0 Å². The molecule has 2 saturated heterocycles. The van der Waals surface area contributed by atoms with Gasteiger partial charge in [-0.1, -0.05) is 0 Å². The second kappa shape index (κ2) is 7.45. The van der Waals surface area contributed by atoms with Gasteiger partial charge in [-0.3, -0.25) is 9.69 Å². The number of likely N-dealkylation sites (N-methyl/N-ethyl adjacent to an activating group) is 1. The molecule has 3 rings (SSSR count). The van der Waals surface area contributed by atoms with Crippen molar-refractivity contribution in [1.82, 2.24) is 19.4 Å². The van der Waals surface area contributed by atoms with E-state index < -0.39 is 0 Å². The smallest absolute Gasteiger partial charge is 0.222 e. The molecule has 2 atom stereocenters. The second-order valence-electron chi connectivity index (χ2n) is 6.76. The molecule has 0 aliphatic carbocycles. The number of nitrogens with zero attached hydrogens (tertiary/aromatic N) is 4. The number of carbonyl (C=O) groups excluding carboxylic acids is 1. The van der Waals surface area contributed by atoms with Crippen molar-refractivity contribution >= 4 is 5.91 Å². The van der Waals surface area contributed by atoms with Crippen molar-refractivity contribution in [1.29, 1.82) is 0 Å². The molecular weight excluding hydrogens is 292 g/mol. The highest BCUT2D eigenvalue weighted by Gasteiger charge is 2.30. The lowest BCUT2D eigenvalue weighted by Gasteiger charge is -2.39. The molecule has 23 heavy (non-hydrogen) atoms. The highest BCUT2D eigenvalue weighted by molar-refractivity contribution is 5.76. The van der Waals surface area contributed by atoms with E-state index in [0.717, 1.165) is 51.3 Å². The first-order valence-corrected chi connectivity index (χ1v) is 8.72. The topological polar surface area (TPSA) is 50.6 Å². The molecule has 2 aliphatic heterocycles. The van der Waals surface area contributed by atoms with Crippen molar-refractivity contribution in [2.75, 3.05) is 33.3 Å². The summed E-state index contributed by atoms with van der Waals surface area (Å²) < 4.78 is 7.78. The number of aryl methyl sites for hydroxylation is 1. The summed E-state index contributed by atoms with van der Waals surface area (Å²) in [6.45, 7) is 3.28. The SMILES string of the molecule is CN1CCN(C(=O)CC[C@@H]2CCCCO2)C[C@@H]1c1nccn1C. The molecule has 2 aliphatic rings. The van der Waals surface area contributed by atoms with Crippen LogP contribution in [-0.4, -0.2) is 64.7 Å². The Bertz CT molecular complexity index is 524. The molecule has 128 valence electrons. The maximum absolute atomic E-state index is 12.6. The number of hydrogen-bond acceptors (Lipinski definition) is 4. The van der Waals surface area contributed by atoms with Gasteiger partial charge < -0.3 is 14.2 Å². The van der Waals surface area contributed by atoms with Crippen LogP contribution in [0.3, 0.4) is 0 Å². The molecule has 6 nitrogen and oxygen atoms in total. The molecule has 0 bridgehead atoms. The Hall–Kier alpha value is -1.40. The number of amides is 1. The van der Waals surface area contributed by atoms with E-state index in [9.17, 15) is 4.79 Å². The highest BCUT2D eigenvalue weighted by atomic mass is 16.5. The molecule has 0 radical (unpaired) electrons. The van der Waals surface area contributed by atoms with Crippen molar-refractivity contribution in [2.45, 2.75) is 44.2 Å². The summed E-state index contributed by atoms with van der Waals surface area (Å²) in [6.07, 6.45) is 9.02. The third-order valence-electron chi connectivity index (χ3n) is 5.11. The molecule has 0 unspecified atom stereocenters. The van der Waals surface area contributed by atoms with Crippen LogP contribution in [0.1, 0.15) is 44.0 Å². The van der Waals surface area contributed by atoms with Crippen molar-refractivity contribution in [2.24, 2.45) is 7.05 Å². The molecule has 0 spiro atoms. The zero-order valence-electron chi connectivity index (χ0n) is 14.3. The molecule has 0 saturated carbocycles. The number of imidazole rings is 1. The van der Waals surface area contributed by atoms with Gasteiger partial charge in [-0.15, -0.1) is 0 Å². The van der Waals surface area contributed by atoms with E-state index >= 15 is 0 Å². The van der Waals surface area contributed by atoms with Gasteiger partial charge in [0, 0.05) is 52.1 Å². The monoisotopic (exact) mass is 320 g/mol. The van der Waals surface area contributed by atoms with Crippen molar-refractivity contribution in [3.63, 3.8) is 0 Å². The molecule has 3 heterocycles. The Morgan fingerprint density at radius 3 is 2.91 bits per heavy atom. The summed E-state index contributed by atoms with van der Waals surface area (Å²) >= 11 is 0. The van der Waals surface area contributed by atoms with Crippen LogP contribution in [0.25, 0.3) is 0 Å². The van der Waals surface area contributed by atoms with Crippen LogP contribution < -0.4 is 0 Å². The first-order valence-electron chi connectivity index (χ1n) is 8.72. The van der Waals surface area contributed by atoms with Gasteiger partial charge in [-0.25, -0.2) is 4.98 Å². The predicted octanol–water partition coefficient (Wildman–Crippen LogP) is 1.58. The number of carbonyl (C=O) groups is 1. The fourth-order valence-corrected chi connectivity index (χ4v) is 3.55. The molecule has 1 aromatic heterocycles. The Kier molecular flexibility index (Phi) is 5.33. The van der Waals surface area contributed by atoms with E-state index in [2.05, 4.69) is 16.9 Å². The molecule has 1 aromatic rings. The first-order chi connectivity index (χ1) is 11.1. The van der Waals surface area contributed by atoms with E-state index in [1.54, 1.807) is 0 Å². The van der Waals surface area contributed by atoms with Gasteiger partial charge in [-0.2, -0.15) is 0 Å². The molecule has 6 heteroatoms. The molecular formula is C17H28N4O2. The maximum atomic E-state index is 12.6. The number of piperazine rings is 1. The quantitative estimate of drug-likeness (QED) is 0.845. The standard InChI is InChI=1S/C17H28N4O2/c1-19-10-11-21(13-15(19)17-18-8-9-20(17)2)16(22)7-6-14-5-3-4-12-23-14/h8-9,14-15H,3-7,10-13H2,1-2H3/t14-,15+/m0/s1. The zero-order chi connectivity index (χ0) is 16.2. The zero-order valence-corrected chi connectivity index (χ0v) is 14.3. The Morgan fingerprint density at radius 2 is 2.22 bits per heavy atom. The van der Waals surface area contributed by atoms with Crippen LogP contribution in [0.2, 0.25) is 0 Å². The van der Waals surface area contributed by atoms with Crippen LogP contribution in [0.4, 0.5) is 0 Å². The summed E-state index contributed by atoms with van der Waals surface area (Å²) in [5.41, 5.74) is 0. The first kappa shape index (κ1) is 16.5. The Balaban J connectivity index is 1.55. The van der Waals surface area contributed by atoms with Gasteiger partial charge in [0.2, 0.25) is 5.91 Å². The maximum Gasteiger partial charge on any atom is 0.222 e. The van der Waals surface area contributed by atoms with E-state index in [1.807, 2.05) is 28.9 Å². The molecule has 2 fully saturated rings. The average molecular weight is 320 g/mol. The Labute approximate surface area is 138 Å². The molecule has 0 N–H and O–H groups in total. The lowest BCUT2D eigenvalue weighted by molar-refractivity contribution is -0.135. The van der Waals surface area contributed by atoms with Crippen molar-refractivity contribution < 1.29 is 9.53 Å². The fourth-order valence-electron chi connectivity index (χ4n) is 3.55. The van der Waals surface area contributed by atoms with Gasteiger partial charge in [-0.05, 0) is 32.7 Å². The van der Waals surface area contributed by atoms with Crippen molar-refractivity contribution in [3.8, 4) is 0 Å². The van der Waals surface area contributed by atoms with E-state index in [-0.39, 0.29) is 18.1 Å². The average Bonchev–Trinajstić information content (AvgIpc) is 3.00. The van der Waals surface area contributed by atoms with Crippen LogP contribution in [0, 0.1) is 0 Å². The third-order valence-corrected chi connectivity index (χ3v) is 5.11. The minimum Gasteiger partial charge on any atom is -0.378 e. The summed E-state index contributed by atoms with van der Waals surface area (Å²) in [5, 5.41) is 0. The van der Waals surface area contributed by atoms with Gasteiger partial charge in [0.05, 0.1) is 12.1 Å². The predicted molar refractivity (Wildman–Crippen MR) is 88.0 cm³/mol. The highest BCUT2D eigenvalue weighted by Crippen LogP contribution is 2.24. The van der Waals surface area contributed by atoms with Crippen molar-refractivity contribution in [3.05, 3.63) is 18.2 Å². The minimum absolute atomic E-state index is 0.179. The normalized spacial score (nSPS) is 26.4. The summed E-state index contributed by atoms with van der Waals surface area (Å²) in [7, 11) is 4.12. The summed E-state index contributed by atoms with van der Waals surface area (Å²) in [5.74, 6) is 1.28. The van der Waals surface area contributed by atoms with Crippen LogP contribution in [-0.2, 0) is 16.6 Å². The van der Waals surface area contributed by atoms with E-state index in [1.165, 1.54) is 6.42 Å². The van der Waals surface area contributed by atoms with Crippen LogP contribution in [0.15, 0.2) is 12.4 Å². The number of rotatable bonds is 4. The summed E-state index contributed by atoms with van der Waals surface area (Å²) in [4.78, 5) is 21.3. The molecule has 0 aromatic carbocycles. The lowest BCUT2D eigenvalue weighted by Crippen LogP contribution is -2.49. The van der Waals surface area contributed by atoms with Crippen LogP contribution >= 0.6 is 0 Å². The minimum atomic E-state index is 0.179. The number of aromatic nitrogens is 2. The van der Waals surface area contributed by atoms with Gasteiger partial charge in [0.15, 0.2) is 0 Å². The van der Waals surface area contributed by atoms with Crippen LogP contribution in [0.5, 0.6) is 0 Å². The Morgan fingerprint density at radius 1 is 1.35 bits per heavy atom. The van der Waals surface area contributed by atoms with E-state index in [4.69, 9.17) is 4.74 Å². The van der Waals surface area contributed by atoms with E-state index in [0.29, 0.717) is 6.42 Å². The molecule has 1 amide bonds. The number of hydrogen-bond donors (Lipinski definition) is 0. The second-order valence-corrected chi connectivity index (χ2v) is 6.76. The third kappa shape index (κ3) is 3.93. The summed E-state index contributed by atoms with van der Waals surface area (Å²) in [6, 6.07) is 0.179. The lowest BCUT2D eigenvalue weighted by atomic mass is 10.0. The van der Waals surface area contributed by atoms with Gasteiger partial charge in [0.1, 0.15) is 5.82 Å². The van der Waals surface area contributed by atoms with Gasteiger partial charge in [0.25, 0.3) is 0 Å². The largest absolute Gasteiger partial charge is 0.378 e. The fraction of sp³-hybridized carbons (Fsp3) is 0.765. The number of ether oxygens (including phenoxy) is 1.